The molecule has 0 spiro atoms. The summed E-state index contributed by atoms with van der Waals surface area (Å²) in [6.45, 7) is 7.84. The van der Waals surface area contributed by atoms with Crippen molar-refractivity contribution in [1.29, 1.82) is 0 Å². The molecule has 4 nitrogen and oxygen atoms in total. The van der Waals surface area contributed by atoms with Crippen LogP contribution in [0.15, 0.2) is 0 Å². The van der Waals surface area contributed by atoms with Gasteiger partial charge in [-0.2, -0.15) is 5.10 Å². The molecule has 1 aromatic heterocycles. The number of nitrogens with zero attached hydrogens (tertiary/aromatic N) is 3. The summed E-state index contributed by atoms with van der Waals surface area (Å²) < 4.78 is 1.99. The second-order valence-corrected chi connectivity index (χ2v) is 5.79. The molecule has 0 saturated carbocycles. The van der Waals surface area contributed by atoms with Gasteiger partial charge in [0.05, 0.1) is 5.69 Å². The van der Waals surface area contributed by atoms with Crippen molar-refractivity contribution in [2.75, 3.05) is 13.1 Å². The number of hydrogen-bond acceptors (Lipinski definition) is 3. The van der Waals surface area contributed by atoms with Crippen LogP contribution in [0.3, 0.4) is 0 Å². The van der Waals surface area contributed by atoms with Gasteiger partial charge in [0.2, 0.25) is 0 Å². The van der Waals surface area contributed by atoms with Crippen LogP contribution < -0.4 is 5.32 Å². The summed E-state index contributed by atoms with van der Waals surface area (Å²) in [6.07, 6.45) is 4.07. The number of aromatic nitrogens is 2. The van der Waals surface area contributed by atoms with Crippen LogP contribution >= 0.6 is 0 Å². The molecule has 4 heteroatoms. The van der Waals surface area contributed by atoms with Gasteiger partial charge in [0.1, 0.15) is 0 Å². The van der Waals surface area contributed by atoms with Gasteiger partial charge < -0.3 is 5.32 Å². The Morgan fingerprint density at radius 3 is 2.83 bits per heavy atom. The van der Waals surface area contributed by atoms with E-state index in [0.717, 1.165) is 12.6 Å². The molecule has 3 rings (SSSR count). The van der Waals surface area contributed by atoms with Gasteiger partial charge in [-0.15, -0.1) is 0 Å². The second kappa shape index (κ2) is 4.67. The summed E-state index contributed by atoms with van der Waals surface area (Å²) in [5.41, 5.74) is 3.85. The van der Waals surface area contributed by atoms with Gasteiger partial charge in [-0.05, 0) is 39.7 Å². The Hall–Kier alpha value is -0.870. The lowest BCUT2D eigenvalue weighted by molar-refractivity contribution is 0.298. The van der Waals surface area contributed by atoms with Gasteiger partial charge in [0, 0.05) is 43.5 Å². The van der Waals surface area contributed by atoms with Crippen molar-refractivity contribution in [2.45, 2.75) is 51.7 Å². The lowest BCUT2D eigenvalue weighted by atomic mass is 10.1. The Balaban J connectivity index is 1.64. The van der Waals surface area contributed by atoms with Gasteiger partial charge >= 0.3 is 0 Å². The fraction of sp³-hybridized carbons (Fsp3) is 0.786. The number of aryl methyl sites for hydroxylation is 2. The summed E-state index contributed by atoms with van der Waals surface area (Å²) in [5.74, 6) is 0. The molecule has 3 heterocycles. The molecule has 2 aliphatic rings. The Bertz CT molecular complexity index is 437. The topological polar surface area (TPSA) is 33.1 Å². The van der Waals surface area contributed by atoms with E-state index in [4.69, 9.17) is 0 Å². The summed E-state index contributed by atoms with van der Waals surface area (Å²) in [6, 6.07) is 1.48. The van der Waals surface area contributed by atoms with Crippen molar-refractivity contribution in [3.63, 3.8) is 0 Å². The number of fused-ring (bicyclic) bond motifs is 1. The van der Waals surface area contributed by atoms with Crippen LogP contribution in [0.1, 0.15) is 36.2 Å². The van der Waals surface area contributed by atoms with Gasteiger partial charge in [-0.1, -0.05) is 0 Å². The van der Waals surface area contributed by atoms with Crippen LogP contribution in [0.25, 0.3) is 0 Å². The third kappa shape index (κ3) is 1.97. The van der Waals surface area contributed by atoms with Crippen molar-refractivity contribution >= 4 is 0 Å². The number of nitrogens with one attached hydrogen (secondary N) is 1. The largest absolute Gasteiger partial charge is 0.308 e. The highest BCUT2D eigenvalue weighted by Crippen LogP contribution is 2.28. The molecule has 0 amide bonds. The smallest absolute Gasteiger partial charge is 0.0641 e. The fourth-order valence-corrected chi connectivity index (χ4v) is 3.63. The van der Waals surface area contributed by atoms with Crippen molar-refractivity contribution in [3.05, 3.63) is 17.0 Å². The Kier molecular flexibility index (Phi) is 3.16. The fourth-order valence-electron chi connectivity index (χ4n) is 3.63. The number of rotatable bonds is 3. The van der Waals surface area contributed by atoms with Crippen molar-refractivity contribution in [3.8, 4) is 0 Å². The van der Waals surface area contributed by atoms with Gasteiger partial charge in [-0.3, -0.25) is 9.58 Å². The molecule has 0 aromatic carbocycles. The van der Waals surface area contributed by atoms with Crippen LogP contribution in [-0.4, -0.2) is 39.9 Å². The first-order chi connectivity index (χ1) is 8.66. The average molecular weight is 248 g/mol. The minimum atomic E-state index is 0.687. The van der Waals surface area contributed by atoms with Crippen LogP contribution in [0, 0.1) is 13.8 Å². The lowest BCUT2D eigenvalue weighted by Crippen LogP contribution is -2.38. The zero-order valence-electron chi connectivity index (χ0n) is 11.7. The highest BCUT2D eigenvalue weighted by Gasteiger charge is 2.36. The first kappa shape index (κ1) is 12.2. The molecule has 2 atom stereocenters. The van der Waals surface area contributed by atoms with Crippen LogP contribution in [0.4, 0.5) is 0 Å². The molecular formula is C14H24N4. The molecule has 1 aromatic rings. The van der Waals surface area contributed by atoms with Crippen LogP contribution in [-0.2, 0) is 13.6 Å². The summed E-state index contributed by atoms with van der Waals surface area (Å²) >= 11 is 0. The first-order valence-corrected chi connectivity index (χ1v) is 7.13. The van der Waals surface area contributed by atoms with Gasteiger partial charge in [0.25, 0.3) is 0 Å². The molecule has 2 saturated heterocycles. The second-order valence-electron chi connectivity index (χ2n) is 5.79. The van der Waals surface area contributed by atoms with E-state index in [0.29, 0.717) is 6.04 Å². The van der Waals surface area contributed by atoms with E-state index < -0.39 is 0 Å². The molecule has 2 unspecified atom stereocenters. The van der Waals surface area contributed by atoms with E-state index >= 15 is 0 Å². The van der Waals surface area contributed by atoms with E-state index in [-0.39, 0.29) is 0 Å². The highest BCUT2D eigenvalue weighted by molar-refractivity contribution is 5.24. The Morgan fingerprint density at radius 1 is 1.28 bits per heavy atom. The molecule has 0 radical (unpaired) electrons. The first-order valence-electron chi connectivity index (χ1n) is 7.13. The van der Waals surface area contributed by atoms with E-state index in [9.17, 15) is 0 Å². The predicted molar refractivity (Wildman–Crippen MR) is 72.5 cm³/mol. The zero-order valence-corrected chi connectivity index (χ0v) is 11.7. The monoisotopic (exact) mass is 248 g/mol. The van der Waals surface area contributed by atoms with E-state index in [1.165, 1.54) is 49.3 Å². The summed E-state index contributed by atoms with van der Waals surface area (Å²) in [5, 5.41) is 8.26. The maximum atomic E-state index is 4.49. The summed E-state index contributed by atoms with van der Waals surface area (Å²) in [7, 11) is 2.03. The molecule has 0 bridgehead atoms. The lowest BCUT2D eigenvalue weighted by Gasteiger charge is -2.21. The minimum absolute atomic E-state index is 0.687. The van der Waals surface area contributed by atoms with Crippen LogP contribution in [0.2, 0.25) is 0 Å². The normalized spacial score (nSPS) is 27.9. The molecule has 18 heavy (non-hydrogen) atoms. The molecule has 2 aliphatic heterocycles. The maximum absolute atomic E-state index is 4.49. The van der Waals surface area contributed by atoms with Gasteiger partial charge in [-0.25, -0.2) is 0 Å². The average Bonchev–Trinajstić information content (AvgIpc) is 2.97. The third-order valence-electron chi connectivity index (χ3n) is 4.81. The highest BCUT2D eigenvalue weighted by atomic mass is 15.3. The zero-order chi connectivity index (χ0) is 12.7. The van der Waals surface area contributed by atoms with Crippen LogP contribution in [0.5, 0.6) is 0 Å². The molecule has 1 N–H and O–H groups in total. The van der Waals surface area contributed by atoms with Crippen molar-refractivity contribution in [1.82, 2.24) is 20.0 Å². The maximum Gasteiger partial charge on any atom is 0.0641 e. The van der Waals surface area contributed by atoms with Gasteiger partial charge in [0.15, 0.2) is 0 Å². The van der Waals surface area contributed by atoms with E-state index in [1.807, 2.05) is 11.7 Å². The van der Waals surface area contributed by atoms with Crippen molar-refractivity contribution in [2.24, 2.45) is 7.05 Å². The van der Waals surface area contributed by atoms with Crippen molar-refractivity contribution < 1.29 is 0 Å². The third-order valence-corrected chi connectivity index (χ3v) is 4.81. The predicted octanol–water partition coefficient (Wildman–Crippen LogP) is 1.36. The number of hydrogen-bond donors (Lipinski definition) is 1. The standard InChI is InChI=1S/C14H24N4/c1-10-12(11(2)17(3)16-10)9-15-13-6-8-18-7-4-5-14(13)18/h13-15H,4-9H2,1-3H3. The van der Waals surface area contributed by atoms with E-state index in [1.54, 1.807) is 0 Å². The Labute approximate surface area is 109 Å². The minimum Gasteiger partial charge on any atom is -0.308 e. The quantitative estimate of drug-likeness (QED) is 0.877. The molecular weight excluding hydrogens is 224 g/mol. The summed E-state index contributed by atoms with van der Waals surface area (Å²) in [4.78, 5) is 2.65. The molecule has 0 aliphatic carbocycles. The molecule has 100 valence electrons. The Morgan fingerprint density at radius 2 is 2.11 bits per heavy atom. The SMILES string of the molecule is Cc1nn(C)c(C)c1CNC1CCN2CCCC12. The van der Waals surface area contributed by atoms with E-state index in [2.05, 4.69) is 29.2 Å². The molecule has 2 fully saturated rings.